The molecule has 0 saturated heterocycles. The van der Waals surface area contributed by atoms with Crippen molar-refractivity contribution in [2.75, 3.05) is 17.7 Å². The largest absolute Gasteiger partial charge is 0.476 e. The molecule has 0 fully saturated rings. The molecule has 0 unspecified atom stereocenters. The third-order valence-electron chi connectivity index (χ3n) is 4.28. The quantitative estimate of drug-likeness (QED) is 0.540. The number of hydrogen-bond donors (Lipinski definition) is 2. The van der Waals surface area contributed by atoms with Gasteiger partial charge in [0, 0.05) is 16.8 Å². The highest BCUT2D eigenvalue weighted by Crippen LogP contribution is 2.26. The normalized spacial score (nSPS) is 10.7. The van der Waals surface area contributed by atoms with Gasteiger partial charge in [-0.05, 0) is 43.3 Å². The molecule has 4 aromatic rings. The minimum absolute atomic E-state index is 0.143. The van der Waals surface area contributed by atoms with Crippen molar-refractivity contribution in [3.05, 3.63) is 72.3 Å². The number of carbonyl (C=O) groups is 1. The third kappa shape index (κ3) is 3.98. The smallest absolute Gasteiger partial charge is 0.255 e. The first-order chi connectivity index (χ1) is 14.1. The van der Waals surface area contributed by atoms with Crippen molar-refractivity contribution in [1.82, 2.24) is 15.0 Å². The van der Waals surface area contributed by atoms with Gasteiger partial charge in [0.05, 0.1) is 17.8 Å². The highest BCUT2D eigenvalue weighted by molar-refractivity contribution is 6.04. The molecule has 0 aliphatic carbocycles. The molecule has 0 bridgehead atoms. The number of hydrogen-bond acceptors (Lipinski definition) is 6. The second kappa shape index (κ2) is 7.93. The zero-order valence-corrected chi connectivity index (χ0v) is 15.8. The summed E-state index contributed by atoms with van der Waals surface area (Å²) in [5, 5.41) is 2.87. The number of pyridine rings is 1. The van der Waals surface area contributed by atoms with Gasteiger partial charge in [-0.2, -0.15) is 4.98 Å². The molecular weight excluding hydrogens is 366 g/mol. The van der Waals surface area contributed by atoms with Crippen molar-refractivity contribution in [3.8, 4) is 17.1 Å². The predicted octanol–water partition coefficient (Wildman–Crippen LogP) is 3.93. The lowest BCUT2D eigenvalue weighted by atomic mass is 10.1. The van der Waals surface area contributed by atoms with E-state index in [1.54, 1.807) is 12.1 Å². The van der Waals surface area contributed by atoms with Crippen LogP contribution in [0, 0.1) is 0 Å². The number of benzene rings is 2. The minimum atomic E-state index is -0.170. The van der Waals surface area contributed by atoms with E-state index in [2.05, 4.69) is 20.3 Å². The van der Waals surface area contributed by atoms with E-state index in [4.69, 9.17) is 10.5 Å². The second-order valence-electron chi connectivity index (χ2n) is 6.28. The fourth-order valence-corrected chi connectivity index (χ4v) is 2.92. The number of nitrogens with two attached hydrogens (primary N) is 1. The molecule has 0 atom stereocenters. The van der Waals surface area contributed by atoms with Crippen LogP contribution in [0.2, 0.25) is 0 Å². The lowest BCUT2D eigenvalue weighted by molar-refractivity contribution is 0.102. The molecule has 0 aliphatic heterocycles. The number of para-hydroxylation sites is 1. The molecule has 7 nitrogen and oxygen atoms in total. The van der Waals surface area contributed by atoms with Crippen molar-refractivity contribution in [3.63, 3.8) is 0 Å². The van der Waals surface area contributed by atoms with E-state index in [0.29, 0.717) is 29.1 Å². The molecule has 1 amide bonds. The molecule has 0 radical (unpaired) electrons. The highest BCUT2D eigenvalue weighted by atomic mass is 16.5. The lowest BCUT2D eigenvalue weighted by Crippen LogP contribution is -2.11. The van der Waals surface area contributed by atoms with Crippen molar-refractivity contribution >= 4 is 28.6 Å². The van der Waals surface area contributed by atoms with Crippen LogP contribution in [-0.2, 0) is 0 Å². The van der Waals surface area contributed by atoms with E-state index < -0.39 is 0 Å². The van der Waals surface area contributed by atoms with Crippen LogP contribution < -0.4 is 15.8 Å². The molecule has 29 heavy (non-hydrogen) atoms. The molecule has 0 saturated carbocycles. The topological polar surface area (TPSA) is 103 Å². The molecule has 0 spiro atoms. The number of nitrogen functional groups attached to an aromatic ring is 1. The standard InChI is InChI=1S/C22H19N5O2/c1-2-29-21-19-18(26-22(23)27-21)13-12-17(25-19)14-8-10-15(11-9-14)20(28)24-16-6-4-3-5-7-16/h3-13H,2H2,1H3,(H,24,28)(H2,23,26,27). The van der Waals surface area contributed by atoms with Crippen molar-refractivity contribution in [2.24, 2.45) is 0 Å². The van der Waals surface area contributed by atoms with Crippen LogP contribution in [0.15, 0.2) is 66.7 Å². The summed E-state index contributed by atoms with van der Waals surface area (Å²) in [6.07, 6.45) is 0. The predicted molar refractivity (Wildman–Crippen MR) is 113 cm³/mol. The Morgan fingerprint density at radius 3 is 2.45 bits per heavy atom. The number of carbonyl (C=O) groups excluding carboxylic acids is 1. The summed E-state index contributed by atoms with van der Waals surface area (Å²) < 4.78 is 5.55. The van der Waals surface area contributed by atoms with E-state index >= 15 is 0 Å². The Hall–Kier alpha value is -4.00. The molecule has 2 aromatic carbocycles. The Kier molecular flexibility index (Phi) is 5.03. The SMILES string of the molecule is CCOc1nc(N)nc2ccc(-c3ccc(C(=O)Nc4ccccc4)cc3)nc12. The van der Waals surface area contributed by atoms with Gasteiger partial charge in [0.2, 0.25) is 11.8 Å². The van der Waals surface area contributed by atoms with Gasteiger partial charge in [-0.15, -0.1) is 0 Å². The maximum atomic E-state index is 12.4. The van der Waals surface area contributed by atoms with E-state index in [0.717, 1.165) is 16.9 Å². The van der Waals surface area contributed by atoms with E-state index in [1.807, 2.05) is 61.5 Å². The molecule has 0 aliphatic rings. The summed E-state index contributed by atoms with van der Waals surface area (Å²) in [5.74, 6) is 0.330. The van der Waals surface area contributed by atoms with Crippen LogP contribution >= 0.6 is 0 Å². The van der Waals surface area contributed by atoms with E-state index in [1.165, 1.54) is 0 Å². The van der Waals surface area contributed by atoms with Gasteiger partial charge >= 0.3 is 0 Å². The van der Waals surface area contributed by atoms with Crippen LogP contribution in [0.1, 0.15) is 17.3 Å². The van der Waals surface area contributed by atoms with Gasteiger partial charge in [-0.25, -0.2) is 9.97 Å². The Morgan fingerprint density at radius 2 is 1.72 bits per heavy atom. The van der Waals surface area contributed by atoms with Gasteiger partial charge in [-0.3, -0.25) is 4.79 Å². The number of rotatable bonds is 5. The molecule has 7 heteroatoms. The van der Waals surface area contributed by atoms with Gasteiger partial charge in [0.25, 0.3) is 5.91 Å². The van der Waals surface area contributed by atoms with Crippen LogP contribution in [0.3, 0.4) is 0 Å². The summed E-state index contributed by atoms with van der Waals surface area (Å²) in [5.41, 5.74) is 9.79. The average molecular weight is 385 g/mol. The minimum Gasteiger partial charge on any atom is -0.476 e. The Labute approximate surface area is 167 Å². The number of aromatic nitrogens is 3. The summed E-state index contributed by atoms with van der Waals surface area (Å²) >= 11 is 0. The third-order valence-corrected chi connectivity index (χ3v) is 4.28. The first-order valence-corrected chi connectivity index (χ1v) is 9.18. The first kappa shape index (κ1) is 18.4. The Bertz CT molecular complexity index is 1160. The van der Waals surface area contributed by atoms with Crippen molar-refractivity contribution in [1.29, 1.82) is 0 Å². The van der Waals surface area contributed by atoms with Gasteiger partial charge < -0.3 is 15.8 Å². The molecule has 2 heterocycles. The first-order valence-electron chi connectivity index (χ1n) is 9.18. The number of nitrogens with zero attached hydrogens (tertiary/aromatic N) is 3. The van der Waals surface area contributed by atoms with Crippen LogP contribution in [0.4, 0.5) is 11.6 Å². The fourth-order valence-electron chi connectivity index (χ4n) is 2.92. The summed E-state index contributed by atoms with van der Waals surface area (Å²) in [4.78, 5) is 25.4. The molecule has 3 N–H and O–H groups in total. The maximum absolute atomic E-state index is 12.4. The molecular formula is C22H19N5O2. The Balaban J connectivity index is 1.61. The molecule has 4 rings (SSSR count). The van der Waals surface area contributed by atoms with E-state index in [9.17, 15) is 4.79 Å². The highest BCUT2D eigenvalue weighted by Gasteiger charge is 2.12. The summed E-state index contributed by atoms with van der Waals surface area (Å²) in [6, 6.07) is 20.3. The maximum Gasteiger partial charge on any atom is 0.255 e. The lowest BCUT2D eigenvalue weighted by Gasteiger charge is -2.09. The Morgan fingerprint density at radius 1 is 0.966 bits per heavy atom. The van der Waals surface area contributed by atoms with Gasteiger partial charge in [-0.1, -0.05) is 30.3 Å². The van der Waals surface area contributed by atoms with E-state index in [-0.39, 0.29) is 11.9 Å². The number of ether oxygens (including phenoxy) is 1. The van der Waals surface area contributed by atoms with Crippen molar-refractivity contribution in [2.45, 2.75) is 6.92 Å². The fraction of sp³-hybridized carbons (Fsp3) is 0.0909. The number of nitrogens with one attached hydrogen (secondary N) is 1. The van der Waals surface area contributed by atoms with Gasteiger partial charge in [0.1, 0.15) is 0 Å². The van der Waals surface area contributed by atoms with Crippen molar-refractivity contribution < 1.29 is 9.53 Å². The van der Waals surface area contributed by atoms with Crippen LogP contribution in [0.25, 0.3) is 22.3 Å². The zero-order valence-electron chi connectivity index (χ0n) is 15.8. The molecule has 2 aromatic heterocycles. The van der Waals surface area contributed by atoms with Crippen LogP contribution in [0.5, 0.6) is 5.88 Å². The van der Waals surface area contributed by atoms with Crippen LogP contribution in [-0.4, -0.2) is 27.5 Å². The number of fused-ring (bicyclic) bond motifs is 1. The zero-order chi connectivity index (χ0) is 20.2. The summed E-state index contributed by atoms with van der Waals surface area (Å²) in [7, 11) is 0. The monoisotopic (exact) mass is 385 g/mol. The number of amides is 1. The number of anilines is 2. The summed E-state index contributed by atoms with van der Waals surface area (Å²) in [6.45, 7) is 2.32. The molecule has 144 valence electrons. The average Bonchev–Trinajstić information content (AvgIpc) is 2.74. The van der Waals surface area contributed by atoms with Gasteiger partial charge in [0.15, 0.2) is 5.52 Å². The second-order valence-corrected chi connectivity index (χ2v) is 6.28.